The summed E-state index contributed by atoms with van der Waals surface area (Å²) < 4.78 is 4.69. The average Bonchev–Trinajstić information content (AvgIpc) is 2.36. The maximum atomic E-state index is 11.1. The Morgan fingerprint density at radius 2 is 2.45 bits per heavy atom. The highest BCUT2D eigenvalue weighted by Crippen LogP contribution is 2.25. The molecule has 0 N–H and O–H groups in total. The minimum absolute atomic E-state index is 0.0415. The Morgan fingerprint density at radius 1 is 1.73 bits per heavy atom. The highest BCUT2D eigenvalue weighted by atomic mass is 16.5. The van der Waals surface area contributed by atoms with Crippen molar-refractivity contribution in [1.82, 2.24) is 0 Å². The van der Waals surface area contributed by atoms with Crippen LogP contribution in [0.2, 0.25) is 0 Å². The Bertz CT molecular complexity index is 165. The lowest BCUT2D eigenvalue weighted by Gasteiger charge is -2.14. The number of rotatable bonds is 3. The molecular formula is C8H12O3. The second-order valence-corrected chi connectivity index (χ2v) is 2.90. The number of carbonyl (C=O) groups excluding carboxylic acids is 2. The normalized spacial score (nSPS) is 26.6. The molecule has 2 unspecified atom stereocenters. The van der Waals surface area contributed by atoms with Crippen molar-refractivity contribution in [3.8, 4) is 0 Å². The third kappa shape index (κ3) is 1.79. The Kier molecular flexibility index (Phi) is 2.63. The van der Waals surface area contributed by atoms with Crippen molar-refractivity contribution in [2.45, 2.75) is 32.3 Å². The van der Waals surface area contributed by atoms with Crippen LogP contribution in [-0.2, 0) is 14.3 Å². The molecule has 1 fully saturated rings. The molecule has 11 heavy (non-hydrogen) atoms. The van der Waals surface area contributed by atoms with Gasteiger partial charge in [-0.2, -0.15) is 0 Å². The van der Waals surface area contributed by atoms with E-state index >= 15 is 0 Å². The summed E-state index contributed by atoms with van der Waals surface area (Å²) in [6, 6.07) is 0. The summed E-state index contributed by atoms with van der Waals surface area (Å²) in [5.74, 6) is 0.194. The lowest BCUT2D eigenvalue weighted by atomic mass is 10.0. The van der Waals surface area contributed by atoms with Crippen molar-refractivity contribution in [3.05, 3.63) is 0 Å². The third-order valence-corrected chi connectivity index (χ3v) is 2.19. The first-order valence-corrected chi connectivity index (χ1v) is 3.87. The van der Waals surface area contributed by atoms with Gasteiger partial charge in [-0.25, -0.2) is 0 Å². The van der Waals surface area contributed by atoms with Crippen LogP contribution in [0, 0.1) is 5.92 Å². The van der Waals surface area contributed by atoms with E-state index in [4.69, 9.17) is 4.74 Å². The Balaban J connectivity index is 2.45. The van der Waals surface area contributed by atoms with Gasteiger partial charge in [0.05, 0.1) is 5.92 Å². The summed E-state index contributed by atoms with van der Waals surface area (Å²) in [6.45, 7) is 2.18. The number of carbonyl (C=O) groups is 2. The smallest absolute Gasteiger partial charge is 0.293 e. The first-order valence-electron chi connectivity index (χ1n) is 3.87. The number of ketones is 1. The molecule has 0 saturated heterocycles. The monoisotopic (exact) mass is 156 g/mol. The maximum Gasteiger partial charge on any atom is 0.293 e. The fourth-order valence-electron chi connectivity index (χ4n) is 1.52. The lowest BCUT2D eigenvalue weighted by Crippen LogP contribution is -2.23. The summed E-state index contributed by atoms with van der Waals surface area (Å²) in [7, 11) is 0. The third-order valence-electron chi connectivity index (χ3n) is 2.19. The predicted molar refractivity (Wildman–Crippen MR) is 39.0 cm³/mol. The zero-order valence-electron chi connectivity index (χ0n) is 6.58. The molecule has 0 spiro atoms. The van der Waals surface area contributed by atoms with E-state index in [1.165, 1.54) is 0 Å². The topological polar surface area (TPSA) is 43.4 Å². The summed E-state index contributed by atoms with van der Waals surface area (Å²) in [5.41, 5.74) is 0. The molecular weight excluding hydrogens is 144 g/mol. The van der Waals surface area contributed by atoms with Gasteiger partial charge >= 0.3 is 0 Å². The molecule has 0 aliphatic heterocycles. The van der Waals surface area contributed by atoms with Gasteiger partial charge in [-0.3, -0.25) is 9.59 Å². The number of ether oxygens (including phenoxy) is 1. The molecule has 1 aliphatic carbocycles. The van der Waals surface area contributed by atoms with Gasteiger partial charge in [-0.05, 0) is 19.8 Å². The summed E-state index contributed by atoms with van der Waals surface area (Å²) in [4.78, 5) is 21.0. The summed E-state index contributed by atoms with van der Waals surface area (Å²) >= 11 is 0. The zero-order valence-corrected chi connectivity index (χ0v) is 6.58. The van der Waals surface area contributed by atoms with Crippen LogP contribution in [0.5, 0.6) is 0 Å². The number of Topliss-reactive ketones (excluding diaryl/α,β-unsaturated/α-hetero) is 1. The van der Waals surface area contributed by atoms with Crippen LogP contribution in [-0.4, -0.2) is 18.4 Å². The van der Waals surface area contributed by atoms with Crippen LogP contribution >= 0.6 is 0 Å². The molecule has 0 aromatic heterocycles. The Labute approximate surface area is 65.7 Å². The van der Waals surface area contributed by atoms with Crippen LogP contribution in [0.25, 0.3) is 0 Å². The Morgan fingerprint density at radius 3 is 2.91 bits per heavy atom. The van der Waals surface area contributed by atoms with E-state index in [9.17, 15) is 9.59 Å². The van der Waals surface area contributed by atoms with E-state index < -0.39 is 0 Å². The van der Waals surface area contributed by atoms with Crippen molar-refractivity contribution in [3.63, 3.8) is 0 Å². The molecule has 1 rings (SSSR count). The van der Waals surface area contributed by atoms with E-state index in [1.807, 2.05) is 0 Å². The van der Waals surface area contributed by atoms with Crippen LogP contribution < -0.4 is 0 Å². The van der Waals surface area contributed by atoms with Crippen LogP contribution in [0.15, 0.2) is 0 Å². The average molecular weight is 156 g/mol. The van der Waals surface area contributed by atoms with Crippen LogP contribution in [0.1, 0.15) is 26.2 Å². The molecule has 0 bridgehead atoms. The van der Waals surface area contributed by atoms with Crippen molar-refractivity contribution in [2.24, 2.45) is 5.92 Å². The zero-order chi connectivity index (χ0) is 8.27. The van der Waals surface area contributed by atoms with E-state index in [0.29, 0.717) is 12.9 Å². The highest BCUT2D eigenvalue weighted by molar-refractivity contribution is 5.83. The van der Waals surface area contributed by atoms with Gasteiger partial charge in [0.15, 0.2) is 0 Å². The summed E-state index contributed by atoms with van der Waals surface area (Å²) in [6.07, 6.45) is 2.23. The quantitative estimate of drug-likeness (QED) is 0.570. The molecule has 2 atom stereocenters. The molecule has 0 aromatic rings. The molecule has 1 aliphatic rings. The van der Waals surface area contributed by atoms with E-state index in [0.717, 1.165) is 12.8 Å². The van der Waals surface area contributed by atoms with Crippen molar-refractivity contribution in [1.29, 1.82) is 0 Å². The van der Waals surface area contributed by atoms with Crippen LogP contribution in [0.3, 0.4) is 0 Å². The first-order chi connectivity index (χ1) is 5.25. The maximum absolute atomic E-state index is 11.1. The highest BCUT2D eigenvalue weighted by Gasteiger charge is 2.30. The fourth-order valence-corrected chi connectivity index (χ4v) is 1.52. The molecule has 3 heteroatoms. The number of hydrogen-bond donors (Lipinski definition) is 0. The Hall–Kier alpha value is -0.860. The van der Waals surface area contributed by atoms with E-state index in [-0.39, 0.29) is 17.8 Å². The second kappa shape index (κ2) is 3.51. The molecule has 1 saturated carbocycles. The van der Waals surface area contributed by atoms with Crippen molar-refractivity contribution < 1.29 is 14.3 Å². The molecule has 0 radical (unpaired) electrons. The van der Waals surface area contributed by atoms with Gasteiger partial charge < -0.3 is 4.74 Å². The van der Waals surface area contributed by atoms with Gasteiger partial charge in [0, 0.05) is 6.42 Å². The first kappa shape index (κ1) is 8.24. The standard InChI is InChI=1S/C8H12O3/c1-6(11-5-9)7-3-2-4-8(7)10/h5-7H,2-4H2,1H3. The van der Waals surface area contributed by atoms with Gasteiger partial charge in [-0.1, -0.05) is 0 Å². The minimum Gasteiger partial charge on any atom is -0.464 e. The van der Waals surface area contributed by atoms with Gasteiger partial charge in [0.25, 0.3) is 6.47 Å². The van der Waals surface area contributed by atoms with Crippen LogP contribution in [0.4, 0.5) is 0 Å². The van der Waals surface area contributed by atoms with E-state index in [1.54, 1.807) is 6.92 Å². The second-order valence-electron chi connectivity index (χ2n) is 2.90. The largest absolute Gasteiger partial charge is 0.464 e. The number of hydrogen-bond acceptors (Lipinski definition) is 3. The van der Waals surface area contributed by atoms with Gasteiger partial charge in [0.1, 0.15) is 11.9 Å². The minimum atomic E-state index is -0.234. The predicted octanol–water partition coefficient (Wildman–Crippen LogP) is 0.917. The van der Waals surface area contributed by atoms with Gasteiger partial charge in [-0.15, -0.1) is 0 Å². The van der Waals surface area contributed by atoms with Crippen molar-refractivity contribution in [2.75, 3.05) is 0 Å². The van der Waals surface area contributed by atoms with Crippen molar-refractivity contribution >= 4 is 12.3 Å². The molecule has 3 nitrogen and oxygen atoms in total. The molecule has 0 amide bonds. The lowest BCUT2D eigenvalue weighted by molar-refractivity contribution is -0.138. The molecule has 0 heterocycles. The summed E-state index contributed by atoms with van der Waals surface area (Å²) in [5, 5.41) is 0. The SMILES string of the molecule is CC(OC=O)C1CCCC1=O. The molecule has 0 aromatic carbocycles. The fraction of sp³-hybridized carbons (Fsp3) is 0.750. The molecule has 62 valence electrons. The van der Waals surface area contributed by atoms with Gasteiger partial charge in [0.2, 0.25) is 0 Å². The van der Waals surface area contributed by atoms with E-state index in [2.05, 4.69) is 0 Å².